The van der Waals surface area contributed by atoms with Crippen LogP contribution in [0.1, 0.15) is 32.1 Å². The van der Waals surface area contributed by atoms with Gasteiger partial charge in [-0.25, -0.2) is 0 Å². The number of hydrogen-bond acceptors (Lipinski definition) is 5. The highest BCUT2D eigenvalue weighted by atomic mass is 16.5. The molecule has 4 atom stereocenters. The molecule has 138 valence electrons. The molecule has 0 radical (unpaired) electrons. The summed E-state index contributed by atoms with van der Waals surface area (Å²) in [5, 5.41) is 3.17. The first-order chi connectivity index (χ1) is 12.1. The number of ether oxygens (including phenoxy) is 1. The molecule has 4 aliphatic rings. The number of fused-ring (bicyclic) bond motifs is 5. The summed E-state index contributed by atoms with van der Waals surface area (Å²) in [7, 11) is 1.95. The Morgan fingerprint density at radius 3 is 2.24 bits per heavy atom. The molecule has 4 heterocycles. The van der Waals surface area contributed by atoms with Crippen LogP contribution in [-0.2, 0) is 19.1 Å². The normalized spacial score (nSPS) is 34.9. The number of nitrogens with zero attached hydrogens (tertiary/aromatic N) is 2. The number of nitrogens with one attached hydrogen (secondary N) is 1. The Hall–Kier alpha value is -1.47. The Morgan fingerprint density at radius 1 is 1.08 bits per heavy atom. The second kappa shape index (κ2) is 6.68. The maximum atomic E-state index is 12.6. The van der Waals surface area contributed by atoms with Crippen LogP contribution in [0.2, 0.25) is 0 Å². The SMILES string of the molecule is CNCCC1CCN(C(=O)CN2C(=O)C3C4CCC(O4)C3C2=O)CC1. The minimum atomic E-state index is -0.341. The van der Waals surface area contributed by atoms with Crippen LogP contribution >= 0.6 is 0 Å². The monoisotopic (exact) mass is 349 g/mol. The third kappa shape index (κ3) is 2.87. The second-order valence-corrected chi connectivity index (χ2v) is 7.82. The van der Waals surface area contributed by atoms with Gasteiger partial charge in [0.25, 0.3) is 0 Å². The van der Waals surface area contributed by atoms with Crippen LogP contribution in [0.3, 0.4) is 0 Å². The van der Waals surface area contributed by atoms with Gasteiger partial charge >= 0.3 is 0 Å². The lowest BCUT2D eigenvalue weighted by molar-refractivity contribution is -0.149. The van der Waals surface area contributed by atoms with Gasteiger partial charge in [-0.15, -0.1) is 0 Å². The number of amides is 3. The number of piperidine rings is 1. The Balaban J connectivity index is 1.33. The molecule has 3 amide bonds. The van der Waals surface area contributed by atoms with Crippen LogP contribution in [0.25, 0.3) is 0 Å². The molecular formula is C18H27N3O4. The van der Waals surface area contributed by atoms with Crippen LogP contribution < -0.4 is 5.32 Å². The van der Waals surface area contributed by atoms with Gasteiger partial charge in [-0.2, -0.15) is 0 Å². The molecule has 2 bridgehead atoms. The summed E-state index contributed by atoms with van der Waals surface area (Å²) in [6.07, 6.45) is 4.61. The van der Waals surface area contributed by atoms with Gasteiger partial charge < -0.3 is 15.0 Å². The highest BCUT2D eigenvalue weighted by Crippen LogP contribution is 2.48. The zero-order valence-corrected chi connectivity index (χ0v) is 14.8. The molecule has 0 spiro atoms. The van der Waals surface area contributed by atoms with Crippen molar-refractivity contribution in [2.75, 3.05) is 33.2 Å². The fourth-order valence-electron chi connectivity index (χ4n) is 4.98. The molecule has 0 aliphatic carbocycles. The van der Waals surface area contributed by atoms with Crippen molar-refractivity contribution in [3.05, 3.63) is 0 Å². The van der Waals surface area contributed by atoms with Crippen molar-refractivity contribution < 1.29 is 19.1 Å². The first-order valence-corrected chi connectivity index (χ1v) is 9.53. The molecule has 4 unspecified atom stereocenters. The Labute approximate surface area is 148 Å². The van der Waals surface area contributed by atoms with E-state index < -0.39 is 0 Å². The third-order valence-electron chi connectivity index (χ3n) is 6.44. The smallest absolute Gasteiger partial charge is 0.242 e. The van der Waals surface area contributed by atoms with E-state index in [0.717, 1.165) is 51.7 Å². The summed E-state index contributed by atoms with van der Waals surface area (Å²) in [5.74, 6) is -0.516. The van der Waals surface area contributed by atoms with Crippen LogP contribution in [0.5, 0.6) is 0 Å². The quantitative estimate of drug-likeness (QED) is 0.707. The Bertz CT molecular complexity index is 545. The average Bonchev–Trinajstić information content (AvgIpc) is 3.30. The number of likely N-dealkylation sites (tertiary alicyclic amines) is 2. The summed E-state index contributed by atoms with van der Waals surface area (Å²) < 4.78 is 5.72. The largest absolute Gasteiger partial charge is 0.373 e. The fraction of sp³-hybridized carbons (Fsp3) is 0.833. The Kier molecular flexibility index (Phi) is 4.54. The fourth-order valence-corrected chi connectivity index (χ4v) is 4.98. The van der Waals surface area contributed by atoms with Gasteiger partial charge in [-0.05, 0) is 51.6 Å². The molecule has 4 rings (SSSR count). The highest BCUT2D eigenvalue weighted by molar-refractivity contribution is 6.08. The number of rotatable bonds is 5. The molecule has 0 saturated carbocycles. The molecule has 0 aromatic rings. The molecular weight excluding hydrogens is 322 g/mol. The Morgan fingerprint density at radius 2 is 1.68 bits per heavy atom. The van der Waals surface area contributed by atoms with E-state index in [1.165, 1.54) is 4.90 Å². The summed E-state index contributed by atoms with van der Waals surface area (Å²) >= 11 is 0. The molecule has 4 fully saturated rings. The van der Waals surface area contributed by atoms with Crippen LogP contribution in [0.4, 0.5) is 0 Å². The predicted molar refractivity (Wildman–Crippen MR) is 89.4 cm³/mol. The lowest BCUT2D eigenvalue weighted by Crippen LogP contribution is -2.46. The van der Waals surface area contributed by atoms with Crippen molar-refractivity contribution in [2.24, 2.45) is 17.8 Å². The van der Waals surface area contributed by atoms with E-state index in [2.05, 4.69) is 5.32 Å². The van der Waals surface area contributed by atoms with Gasteiger partial charge in [0.15, 0.2) is 0 Å². The number of carbonyl (C=O) groups excluding carboxylic acids is 3. The van der Waals surface area contributed by atoms with Gasteiger partial charge in [0.05, 0.1) is 24.0 Å². The lowest BCUT2D eigenvalue weighted by atomic mass is 9.81. The van der Waals surface area contributed by atoms with Crippen molar-refractivity contribution in [1.82, 2.24) is 15.1 Å². The van der Waals surface area contributed by atoms with Crippen LogP contribution in [-0.4, -0.2) is 73.0 Å². The van der Waals surface area contributed by atoms with Gasteiger partial charge in [0.1, 0.15) is 6.54 Å². The predicted octanol–water partition coefficient (Wildman–Crippen LogP) is -0.00310. The van der Waals surface area contributed by atoms with Gasteiger partial charge in [0.2, 0.25) is 17.7 Å². The zero-order chi connectivity index (χ0) is 17.6. The summed E-state index contributed by atoms with van der Waals surface area (Å²) in [6, 6.07) is 0. The molecule has 7 nitrogen and oxygen atoms in total. The van der Waals surface area contributed by atoms with E-state index in [4.69, 9.17) is 4.74 Å². The van der Waals surface area contributed by atoms with Crippen LogP contribution in [0.15, 0.2) is 0 Å². The minimum Gasteiger partial charge on any atom is -0.373 e. The van der Waals surface area contributed by atoms with E-state index in [0.29, 0.717) is 5.92 Å². The van der Waals surface area contributed by atoms with Crippen molar-refractivity contribution in [3.8, 4) is 0 Å². The molecule has 0 aromatic heterocycles. The minimum absolute atomic E-state index is 0.0920. The van der Waals surface area contributed by atoms with E-state index in [1.54, 1.807) is 0 Å². The van der Waals surface area contributed by atoms with Crippen molar-refractivity contribution in [2.45, 2.75) is 44.3 Å². The molecule has 7 heteroatoms. The van der Waals surface area contributed by atoms with Crippen molar-refractivity contribution >= 4 is 17.7 Å². The van der Waals surface area contributed by atoms with Gasteiger partial charge in [-0.3, -0.25) is 19.3 Å². The summed E-state index contributed by atoms with van der Waals surface area (Å²) in [5.41, 5.74) is 0. The topological polar surface area (TPSA) is 79.0 Å². The average molecular weight is 349 g/mol. The summed E-state index contributed by atoms with van der Waals surface area (Å²) in [6.45, 7) is 2.36. The molecule has 0 aromatic carbocycles. The van der Waals surface area contributed by atoms with Crippen LogP contribution in [0, 0.1) is 17.8 Å². The molecule has 1 N–H and O–H groups in total. The standard InChI is InChI=1S/C18H27N3O4/c1-19-7-4-11-5-8-20(9-6-11)14(22)10-21-17(23)15-12-2-3-13(25-12)16(15)18(21)24/h11-13,15-16,19H,2-10H2,1H3. The van der Waals surface area contributed by atoms with E-state index in [9.17, 15) is 14.4 Å². The molecule has 4 saturated heterocycles. The van der Waals surface area contributed by atoms with E-state index in [1.807, 2.05) is 11.9 Å². The lowest BCUT2D eigenvalue weighted by Gasteiger charge is -2.33. The van der Waals surface area contributed by atoms with Gasteiger partial charge in [-0.1, -0.05) is 0 Å². The van der Waals surface area contributed by atoms with Gasteiger partial charge in [0, 0.05) is 13.1 Å². The first kappa shape index (κ1) is 17.0. The maximum absolute atomic E-state index is 12.6. The zero-order valence-electron chi connectivity index (χ0n) is 14.8. The maximum Gasteiger partial charge on any atom is 0.242 e. The molecule has 4 aliphatic heterocycles. The van der Waals surface area contributed by atoms with E-state index in [-0.39, 0.29) is 48.3 Å². The third-order valence-corrected chi connectivity index (χ3v) is 6.44. The highest BCUT2D eigenvalue weighted by Gasteiger charge is 2.62. The van der Waals surface area contributed by atoms with Crippen molar-refractivity contribution in [1.29, 1.82) is 0 Å². The number of hydrogen-bond donors (Lipinski definition) is 1. The molecule has 25 heavy (non-hydrogen) atoms. The summed E-state index contributed by atoms with van der Waals surface area (Å²) in [4.78, 5) is 40.9. The first-order valence-electron chi connectivity index (χ1n) is 9.53. The number of carbonyl (C=O) groups is 3. The van der Waals surface area contributed by atoms with Crippen molar-refractivity contribution in [3.63, 3.8) is 0 Å². The second-order valence-electron chi connectivity index (χ2n) is 7.82. The number of imide groups is 1. The van der Waals surface area contributed by atoms with E-state index >= 15 is 0 Å².